The van der Waals surface area contributed by atoms with Crippen LogP contribution in [0.4, 0.5) is 0 Å². The SMILES string of the molecule is CCCCCCC#Cc1cc(OC[C@@H]2CCCN2)cnc1Cl.Cl.Cl. The lowest BCUT2D eigenvalue weighted by molar-refractivity contribution is 0.276. The van der Waals surface area contributed by atoms with Crippen molar-refractivity contribution in [3.63, 3.8) is 0 Å². The molecule has 1 aliphatic heterocycles. The van der Waals surface area contributed by atoms with E-state index in [4.69, 9.17) is 16.3 Å². The molecule has 1 atom stereocenters. The zero-order chi connectivity index (χ0) is 15.6. The first-order valence-corrected chi connectivity index (χ1v) is 8.68. The Labute approximate surface area is 163 Å². The molecular weight excluding hydrogens is 367 g/mol. The second kappa shape index (κ2) is 13.6. The van der Waals surface area contributed by atoms with Crippen LogP contribution in [0.5, 0.6) is 5.75 Å². The fourth-order valence-corrected chi connectivity index (χ4v) is 2.64. The number of halogens is 3. The molecule has 1 saturated heterocycles. The van der Waals surface area contributed by atoms with Gasteiger partial charge in [0.25, 0.3) is 0 Å². The second-order valence-electron chi connectivity index (χ2n) is 5.73. The minimum atomic E-state index is 0. The molecule has 0 bridgehead atoms. The molecule has 1 N–H and O–H groups in total. The van der Waals surface area contributed by atoms with E-state index < -0.39 is 0 Å². The molecule has 3 nitrogen and oxygen atoms in total. The van der Waals surface area contributed by atoms with Crippen LogP contribution in [0.3, 0.4) is 0 Å². The van der Waals surface area contributed by atoms with Crippen molar-refractivity contribution in [2.45, 2.75) is 57.9 Å². The first kappa shape index (κ1) is 23.3. The molecule has 24 heavy (non-hydrogen) atoms. The Balaban J connectivity index is 0.00000264. The highest BCUT2D eigenvalue weighted by atomic mass is 35.5. The Morgan fingerprint density at radius 3 is 2.88 bits per heavy atom. The maximum absolute atomic E-state index is 6.10. The summed E-state index contributed by atoms with van der Waals surface area (Å²) in [7, 11) is 0. The molecule has 1 aliphatic rings. The third-order valence-corrected chi connectivity index (χ3v) is 4.11. The van der Waals surface area contributed by atoms with Crippen molar-refractivity contribution in [1.29, 1.82) is 0 Å². The van der Waals surface area contributed by atoms with E-state index in [9.17, 15) is 0 Å². The van der Waals surface area contributed by atoms with E-state index in [1.807, 2.05) is 6.07 Å². The smallest absolute Gasteiger partial charge is 0.144 e. The molecule has 0 spiro atoms. The molecule has 0 amide bonds. The Morgan fingerprint density at radius 1 is 1.33 bits per heavy atom. The maximum atomic E-state index is 6.10. The van der Waals surface area contributed by atoms with Gasteiger partial charge >= 0.3 is 0 Å². The van der Waals surface area contributed by atoms with Crippen LogP contribution in [-0.2, 0) is 0 Å². The first-order chi connectivity index (χ1) is 10.8. The lowest BCUT2D eigenvalue weighted by atomic mass is 10.1. The summed E-state index contributed by atoms with van der Waals surface area (Å²) in [5.74, 6) is 7.05. The van der Waals surface area contributed by atoms with Crippen molar-refractivity contribution in [2.75, 3.05) is 13.2 Å². The van der Waals surface area contributed by atoms with Crippen molar-refractivity contribution < 1.29 is 4.74 Å². The van der Waals surface area contributed by atoms with Gasteiger partial charge in [-0.05, 0) is 25.8 Å². The Hall–Kier alpha value is -0.660. The number of hydrogen-bond acceptors (Lipinski definition) is 3. The van der Waals surface area contributed by atoms with Gasteiger partial charge in [0.1, 0.15) is 17.5 Å². The molecule has 0 aromatic carbocycles. The van der Waals surface area contributed by atoms with Gasteiger partial charge in [-0.25, -0.2) is 4.98 Å². The standard InChI is InChI=1S/C18H25ClN2O.2ClH/c1-2-3-4-5-6-7-9-15-12-17(13-21-18(15)19)22-14-16-10-8-11-20-16;;/h12-13,16,20H,2-6,8,10-11,14H2,1H3;2*1H/t16-;;/m0../s1. The van der Waals surface area contributed by atoms with Gasteiger partial charge in [-0.1, -0.05) is 49.6 Å². The molecule has 0 aliphatic carbocycles. The zero-order valence-electron chi connectivity index (χ0n) is 14.1. The molecule has 136 valence electrons. The molecular formula is C18H27Cl3N2O. The number of unbranched alkanes of at least 4 members (excludes halogenated alkanes) is 4. The third kappa shape index (κ3) is 8.44. The lowest BCUT2D eigenvalue weighted by Crippen LogP contribution is -2.28. The number of aromatic nitrogens is 1. The molecule has 2 heterocycles. The van der Waals surface area contributed by atoms with Crippen LogP contribution >= 0.6 is 36.4 Å². The lowest BCUT2D eigenvalue weighted by Gasteiger charge is -2.12. The van der Waals surface area contributed by atoms with E-state index >= 15 is 0 Å². The van der Waals surface area contributed by atoms with Crippen molar-refractivity contribution >= 4 is 36.4 Å². The van der Waals surface area contributed by atoms with Crippen molar-refractivity contribution in [1.82, 2.24) is 10.3 Å². The Bertz CT molecular complexity index is 523. The van der Waals surface area contributed by atoms with Gasteiger partial charge in [0, 0.05) is 18.5 Å². The normalized spacial score (nSPS) is 15.7. The predicted octanol–water partition coefficient (Wildman–Crippen LogP) is 5.03. The van der Waals surface area contributed by atoms with E-state index in [1.54, 1.807) is 6.20 Å². The van der Waals surface area contributed by atoms with E-state index in [2.05, 4.69) is 29.1 Å². The maximum Gasteiger partial charge on any atom is 0.144 e. The molecule has 2 rings (SSSR count). The zero-order valence-corrected chi connectivity index (χ0v) is 16.5. The van der Waals surface area contributed by atoms with Crippen molar-refractivity contribution in [3.05, 3.63) is 23.0 Å². The molecule has 6 heteroatoms. The molecule has 0 unspecified atom stereocenters. The molecule has 0 saturated carbocycles. The number of nitrogens with zero attached hydrogens (tertiary/aromatic N) is 1. The summed E-state index contributed by atoms with van der Waals surface area (Å²) in [5.41, 5.74) is 0.758. The molecule has 1 aromatic heterocycles. The summed E-state index contributed by atoms with van der Waals surface area (Å²) < 4.78 is 5.79. The summed E-state index contributed by atoms with van der Waals surface area (Å²) in [6, 6.07) is 2.34. The van der Waals surface area contributed by atoms with E-state index in [-0.39, 0.29) is 24.8 Å². The highest BCUT2D eigenvalue weighted by molar-refractivity contribution is 6.30. The molecule has 1 fully saturated rings. The Kier molecular flexibility index (Phi) is 13.2. The van der Waals surface area contributed by atoms with Crippen LogP contribution in [0.1, 0.15) is 57.4 Å². The Morgan fingerprint density at radius 2 is 2.17 bits per heavy atom. The van der Waals surface area contributed by atoms with Crippen LogP contribution in [0.25, 0.3) is 0 Å². The average Bonchev–Trinajstić information content (AvgIpc) is 3.04. The molecule has 0 radical (unpaired) electrons. The van der Waals surface area contributed by atoms with Crippen LogP contribution in [0.2, 0.25) is 5.15 Å². The number of rotatable bonds is 7. The van der Waals surface area contributed by atoms with Crippen LogP contribution in [-0.4, -0.2) is 24.2 Å². The topological polar surface area (TPSA) is 34.1 Å². The van der Waals surface area contributed by atoms with E-state index in [0.717, 1.165) is 30.7 Å². The quantitative estimate of drug-likeness (QED) is 0.401. The number of ether oxygens (including phenoxy) is 1. The van der Waals surface area contributed by atoms with Gasteiger partial charge in [0.05, 0.1) is 11.8 Å². The van der Waals surface area contributed by atoms with Gasteiger partial charge in [-0.3, -0.25) is 0 Å². The number of nitrogens with one attached hydrogen (secondary N) is 1. The van der Waals surface area contributed by atoms with Gasteiger partial charge in [0.15, 0.2) is 0 Å². The highest BCUT2D eigenvalue weighted by Crippen LogP contribution is 2.19. The average molecular weight is 394 g/mol. The summed E-state index contributed by atoms with van der Waals surface area (Å²) in [4.78, 5) is 4.17. The van der Waals surface area contributed by atoms with Gasteiger partial charge in [-0.2, -0.15) is 0 Å². The minimum absolute atomic E-state index is 0. The fraction of sp³-hybridized carbons (Fsp3) is 0.611. The second-order valence-corrected chi connectivity index (χ2v) is 6.08. The van der Waals surface area contributed by atoms with Gasteiger partial charge in [-0.15, -0.1) is 24.8 Å². The summed E-state index contributed by atoms with van der Waals surface area (Å²) in [5, 5.41) is 3.86. The predicted molar refractivity (Wildman–Crippen MR) is 106 cm³/mol. The fourth-order valence-electron chi connectivity index (χ4n) is 2.49. The van der Waals surface area contributed by atoms with E-state index in [0.29, 0.717) is 17.8 Å². The van der Waals surface area contributed by atoms with Crippen LogP contribution in [0.15, 0.2) is 12.3 Å². The van der Waals surface area contributed by atoms with Gasteiger partial charge < -0.3 is 10.1 Å². The summed E-state index contributed by atoms with van der Waals surface area (Å²) >= 11 is 6.10. The number of pyridine rings is 1. The molecule has 1 aromatic rings. The largest absolute Gasteiger partial charge is 0.490 e. The highest BCUT2D eigenvalue weighted by Gasteiger charge is 2.14. The van der Waals surface area contributed by atoms with Gasteiger partial charge in [0.2, 0.25) is 0 Å². The third-order valence-electron chi connectivity index (χ3n) is 3.81. The summed E-state index contributed by atoms with van der Waals surface area (Å²) in [6.45, 7) is 3.97. The van der Waals surface area contributed by atoms with Crippen LogP contribution < -0.4 is 10.1 Å². The number of hydrogen-bond donors (Lipinski definition) is 1. The van der Waals surface area contributed by atoms with Crippen LogP contribution in [0, 0.1) is 11.8 Å². The monoisotopic (exact) mass is 392 g/mol. The first-order valence-electron chi connectivity index (χ1n) is 8.30. The summed E-state index contributed by atoms with van der Waals surface area (Å²) in [6.07, 6.45) is 9.90. The van der Waals surface area contributed by atoms with Crippen molar-refractivity contribution in [3.8, 4) is 17.6 Å². The van der Waals surface area contributed by atoms with E-state index in [1.165, 1.54) is 32.1 Å². The minimum Gasteiger partial charge on any atom is -0.490 e. The van der Waals surface area contributed by atoms with Crippen molar-refractivity contribution in [2.24, 2.45) is 0 Å².